The molecule has 6 heteroatoms. The fourth-order valence-electron chi connectivity index (χ4n) is 3.67. The molecule has 2 aromatic rings. The summed E-state index contributed by atoms with van der Waals surface area (Å²) in [5.74, 6) is -0.377. The van der Waals surface area contributed by atoms with Crippen LogP contribution in [0.4, 0.5) is 4.39 Å². The van der Waals surface area contributed by atoms with Crippen molar-refractivity contribution in [1.29, 1.82) is 0 Å². The van der Waals surface area contributed by atoms with Gasteiger partial charge in [0.05, 0.1) is 17.8 Å². The maximum absolute atomic E-state index is 13.4. The van der Waals surface area contributed by atoms with Crippen molar-refractivity contribution in [3.8, 4) is 0 Å². The number of halogens is 1. The van der Waals surface area contributed by atoms with Crippen LogP contribution in [0.5, 0.6) is 0 Å². The molecular formula is C22H20FN3O2. The minimum atomic E-state index is -0.133. The van der Waals surface area contributed by atoms with E-state index >= 15 is 0 Å². The monoisotopic (exact) mass is 377 g/mol. The van der Waals surface area contributed by atoms with Crippen LogP contribution in [-0.4, -0.2) is 35.0 Å². The molecule has 28 heavy (non-hydrogen) atoms. The lowest BCUT2D eigenvalue weighted by Gasteiger charge is -2.16. The van der Waals surface area contributed by atoms with Crippen molar-refractivity contribution in [1.82, 2.24) is 9.88 Å². The normalized spacial score (nSPS) is 17.6. The molecular weight excluding hydrogens is 357 g/mol. The number of likely N-dealkylation sites (tertiary alicyclic amines) is 1. The van der Waals surface area contributed by atoms with Gasteiger partial charge in [0, 0.05) is 37.9 Å². The van der Waals surface area contributed by atoms with Gasteiger partial charge in [0.1, 0.15) is 5.83 Å². The Labute approximate surface area is 162 Å². The summed E-state index contributed by atoms with van der Waals surface area (Å²) in [5.41, 5.74) is 4.38. The average Bonchev–Trinajstić information content (AvgIpc) is 3.00. The van der Waals surface area contributed by atoms with Crippen LogP contribution in [0.2, 0.25) is 0 Å². The summed E-state index contributed by atoms with van der Waals surface area (Å²) in [5, 5.41) is 0.957. The second-order valence-corrected chi connectivity index (χ2v) is 7.01. The van der Waals surface area contributed by atoms with Crippen LogP contribution in [0.25, 0.3) is 16.5 Å². The SMILES string of the molecule is CN=Cc1cc(C2=CC=C(F)CC2)c2ccc(CN3C(=O)CCC3=O)cc2n1. The molecule has 0 bridgehead atoms. The summed E-state index contributed by atoms with van der Waals surface area (Å²) in [6.07, 6.45) is 6.59. The lowest BCUT2D eigenvalue weighted by atomic mass is 9.93. The zero-order valence-corrected chi connectivity index (χ0v) is 15.6. The van der Waals surface area contributed by atoms with Crippen LogP contribution in [0.15, 0.2) is 47.2 Å². The Bertz CT molecular complexity index is 1050. The number of pyridine rings is 1. The smallest absolute Gasteiger partial charge is 0.229 e. The number of aliphatic imine (C=N–C) groups is 1. The molecule has 142 valence electrons. The van der Waals surface area contributed by atoms with Gasteiger partial charge in [0.25, 0.3) is 0 Å². The highest BCUT2D eigenvalue weighted by Crippen LogP contribution is 2.32. The Kier molecular flexibility index (Phi) is 4.86. The Balaban J connectivity index is 1.78. The van der Waals surface area contributed by atoms with E-state index in [1.807, 2.05) is 30.3 Å². The fourth-order valence-corrected chi connectivity index (χ4v) is 3.67. The van der Waals surface area contributed by atoms with Gasteiger partial charge in [-0.2, -0.15) is 0 Å². The fraction of sp³-hybridized carbons (Fsp3) is 0.273. The standard InChI is InChI=1S/C22H20FN3O2/c1-24-12-17-11-19(15-3-5-16(23)6-4-15)18-7-2-14(10-20(18)25-17)13-26-21(27)8-9-22(26)28/h2-3,5,7,10-12H,4,6,8-9,13H2,1H3. The molecule has 0 N–H and O–H groups in total. The molecule has 1 saturated heterocycles. The molecule has 2 heterocycles. The summed E-state index contributed by atoms with van der Waals surface area (Å²) in [4.78, 5) is 33.8. The van der Waals surface area contributed by atoms with E-state index in [2.05, 4.69) is 9.98 Å². The molecule has 1 aliphatic heterocycles. The number of nitrogens with zero attached hydrogens (tertiary/aromatic N) is 3. The summed E-state index contributed by atoms with van der Waals surface area (Å²) in [7, 11) is 1.69. The van der Waals surface area contributed by atoms with Gasteiger partial charge in [-0.3, -0.25) is 19.5 Å². The number of carbonyl (C=O) groups excluding carboxylic acids is 2. The number of allylic oxidation sites excluding steroid dienone is 4. The first kappa shape index (κ1) is 18.2. The summed E-state index contributed by atoms with van der Waals surface area (Å²) < 4.78 is 13.4. The molecule has 5 nitrogen and oxygen atoms in total. The number of fused-ring (bicyclic) bond motifs is 1. The van der Waals surface area contributed by atoms with E-state index in [4.69, 9.17) is 0 Å². The van der Waals surface area contributed by atoms with E-state index < -0.39 is 0 Å². The van der Waals surface area contributed by atoms with Gasteiger partial charge in [0.2, 0.25) is 11.8 Å². The maximum Gasteiger partial charge on any atom is 0.229 e. The van der Waals surface area contributed by atoms with Crippen molar-refractivity contribution in [3.63, 3.8) is 0 Å². The first-order chi connectivity index (χ1) is 13.5. The zero-order chi connectivity index (χ0) is 19.7. The maximum atomic E-state index is 13.4. The van der Waals surface area contributed by atoms with Crippen molar-refractivity contribution < 1.29 is 14.0 Å². The number of rotatable bonds is 4. The lowest BCUT2D eigenvalue weighted by molar-refractivity contribution is -0.139. The Morgan fingerprint density at radius 3 is 2.57 bits per heavy atom. The quantitative estimate of drug-likeness (QED) is 0.598. The summed E-state index contributed by atoms with van der Waals surface area (Å²) in [6, 6.07) is 7.75. The number of benzene rings is 1. The van der Waals surface area contributed by atoms with E-state index in [-0.39, 0.29) is 37.0 Å². The summed E-state index contributed by atoms with van der Waals surface area (Å²) >= 11 is 0. The number of aromatic nitrogens is 1. The molecule has 0 saturated carbocycles. The average molecular weight is 377 g/mol. The predicted molar refractivity (Wildman–Crippen MR) is 106 cm³/mol. The van der Waals surface area contributed by atoms with Crippen molar-refractivity contribution in [2.24, 2.45) is 4.99 Å². The lowest BCUT2D eigenvalue weighted by Crippen LogP contribution is -2.28. The van der Waals surface area contributed by atoms with Gasteiger partial charge in [-0.05, 0) is 41.3 Å². The third-order valence-corrected chi connectivity index (χ3v) is 5.10. The van der Waals surface area contributed by atoms with Gasteiger partial charge in [-0.1, -0.05) is 18.2 Å². The van der Waals surface area contributed by atoms with Gasteiger partial charge < -0.3 is 0 Å². The van der Waals surface area contributed by atoms with Crippen LogP contribution in [0.3, 0.4) is 0 Å². The highest BCUT2D eigenvalue weighted by molar-refractivity contribution is 6.02. The molecule has 2 aliphatic rings. The number of hydrogen-bond donors (Lipinski definition) is 0. The van der Waals surface area contributed by atoms with Gasteiger partial charge in [-0.15, -0.1) is 0 Å². The van der Waals surface area contributed by atoms with E-state index in [0.29, 0.717) is 18.5 Å². The second-order valence-electron chi connectivity index (χ2n) is 7.01. The zero-order valence-electron chi connectivity index (χ0n) is 15.6. The molecule has 1 fully saturated rings. The molecule has 1 aromatic heterocycles. The van der Waals surface area contributed by atoms with Crippen molar-refractivity contribution in [3.05, 3.63) is 59.1 Å². The molecule has 0 unspecified atom stereocenters. The first-order valence-electron chi connectivity index (χ1n) is 9.30. The van der Waals surface area contributed by atoms with Gasteiger partial charge in [-0.25, -0.2) is 9.37 Å². The van der Waals surface area contributed by atoms with Crippen molar-refractivity contribution >= 4 is 34.5 Å². The van der Waals surface area contributed by atoms with Gasteiger partial charge in [0.15, 0.2) is 0 Å². The minimum Gasteiger partial charge on any atom is -0.294 e. The molecule has 0 spiro atoms. The van der Waals surface area contributed by atoms with Crippen LogP contribution in [0, 0.1) is 0 Å². The van der Waals surface area contributed by atoms with Crippen LogP contribution in [0.1, 0.15) is 42.5 Å². The Morgan fingerprint density at radius 1 is 1.11 bits per heavy atom. The van der Waals surface area contributed by atoms with Crippen LogP contribution in [-0.2, 0) is 16.1 Å². The largest absolute Gasteiger partial charge is 0.294 e. The third kappa shape index (κ3) is 3.50. The predicted octanol–water partition coefficient (Wildman–Crippen LogP) is 3.96. The highest BCUT2D eigenvalue weighted by atomic mass is 19.1. The number of imide groups is 1. The number of amides is 2. The van der Waals surface area contributed by atoms with Crippen molar-refractivity contribution in [2.75, 3.05) is 7.05 Å². The molecule has 0 atom stereocenters. The molecule has 0 radical (unpaired) electrons. The number of hydrogen-bond acceptors (Lipinski definition) is 4. The molecule has 1 aliphatic carbocycles. The molecule has 2 amide bonds. The summed E-state index contributed by atoms with van der Waals surface area (Å²) in [6.45, 7) is 0.257. The highest BCUT2D eigenvalue weighted by Gasteiger charge is 2.28. The third-order valence-electron chi connectivity index (χ3n) is 5.10. The Hall–Kier alpha value is -3.15. The van der Waals surface area contributed by atoms with Crippen molar-refractivity contribution in [2.45, 2.75) is 32.2 Å². The second kappa shape index (κ2) is 7.46. The van der Waals surface area contributed by atoms with E-state index in [9.17, 15) is 14.0 Å². The van der Waals surface area contributed by atoms with E-state index in [1.54, 1.807) is 13.3 Å². The van der Waals surface area contributed by atoms with Crippen LogP contribution < -0.4 is 0 Å². The number of carbonyl (C=O) groups is 2. The topological polar surface area (TPSA) is 62.6 Å². The van der Waals surface area contributed by atoms with E-state index in [0.717, 1.165) is 27.6 Å². The molecule has 1 aromatic carbocycles. The first-order valence-corrected chi connectivity index (χ1v) is 9.30. The van der Waals surface area contributed by atoms with Gasteiger partial charge >= 0.3 is 0 Å². The Morgan fingerprint density at radius 2 is 1.89 bits per heavy atom. The molecule has 4 rings (SSSR count). The minimum absolute atomic E-state index is 0.111. The van der Waals surface area contributed by atoms with E-state index in [1.165, 1.54) is 11.0 Å². The van der Waals surface area contributed by atoms with Crippen LogP contribution >= 0.6 is 0 Å².